The zero-order chi connectivity index (χ0) is 22.7. The fraction of sp³-hybridized carbons (Fsp3) is 0.238. The van der Waals surface area contributed by atoms with Gasteiger partial charge in [0.1, 0.15) is 16.8 Å². The van der Waals surface area contributed by atoms with Crippen LogP contribution in [-0.4, -0.2) is 51.5 Å². The van der Waals surface area contributed by atoms with Crippen molar-refractivity contribution >= 4 is 34.0 Å². The summed E-state index contributed by atoms with van der Waals surface area (Å²) < 4.78 is 5.22. The molecule has 2 heterocycles. The molecular formula is C21H19N5O5S. The van der Waals surface area contributed by atoms with E-state index in [1.807, 2.05) is 24.3 Å². The van der Waals surface area contributed by atoms with Crippen LogP contribution in [0.4, 0.5) is 10.8 Å². The number of hydrogen-bond acceptors (Lipinski definition) is 8. The summed E-state index contributed by atoms with van der Waals surface area (Å²) in [6, 6.07) is 12.1. The second-order valence-corrected chi connectivity index (χ2v) is 8.07. The van der Waals surface area contributed by atoms with E-state index in [1.54, 1.807) is 7.11 Å². The van der Waals surface area contributed by atoms with E-state index in [-0.39, 0.29) is 17.5 Å². The molecule has 0 bridgehead atoms. The normalized spacial score (nSPS) is 15.4. The first-order valence-corrected chi connectivity index (χ1v) is 10.6. The molecule has 1 N–H and O–H groups in total. The lowest BCUT2D eigenvalue weighted by Crippen LogP contribution is -2.43. The minimum atomic E-state index is -0.651. The summed E-state index contributed by atoms with van der Waals surface area (Å²) in [5, 5.41) is 22.7. The fourth-order valence-electron chi connectivity index (χ4n) is 3.51. The topological polar surface area (TPSA) is 128 Å². The molecule has 1 saturated heterocycles. The van der Waals surface area contributed by atoms with E-state index in [0.29, 0.717) is 40.8 Å². The Kier molecular flexibility index (Phi) is 6.08. The molecule has 2 amide bonds. The molecule has 1 aromatic heterocycles. The first kappa shape index (κ1) is 21.4. The summed E-state index contributed by atoms with van der Waals surface area (Å²) in [6.45, 7) is 0.430. The highest BCUT2D eigenvalue weighted by atomic mass is 32.1. The van der Waals surface area contributed by atoms with E-state index < -0.39 is 11.0 Å². The van der Waals surface area contributed by atoms with Crippen molar-refractivity contribution in [2.75, 3.05) is 19.0 Å². The van der Waals surface area contributed by atoms with Crippen LogP contribution in [-0.2, 0) is 4.79 Å². The maximum atomic E-state index is 12.9. The lowest BCUT2D eigenvalue weighted by atomic mass is 10.1. The van der Waals surface area contributed by atoms with Gasteiger partial charge in [0.05, 0.1) is 12.0 Å². The number of ether oxygens (including phenoxy) is 1. The SMILES string of the molecule is COc1cccc(-c2nnc(NC(=O)C3CCCN3C(=O)c3ccc([N+](=O)[O-])cc3)s2)c1. The Morgan fingerprint density at radius 2 is 2.00 bits per heavy atom. The predicted molar refractivity (Wildman–Crippen MR) is 118 cm³/mol. The largest absolute Gasteiger partial charge is 0.497 e. The molecule has 1 atom stereocenters. The highest BCUT2D eigenvalue weighted by molar-refractivity contribution is 7.18. The third-order valence-electron chi connectivity index (χ3n) is 5.11. The van der Waals surface area contributed by atoms with Gasteiger partial charge in [-0.3, -0.25) is 25.0 Å². The average Bonchev–Trinajstić information content (AvgIpc) is 3.48. The molecule has 1 unspecified atom stereocenters. The van der Waals surface area contributed by atoms with Crippen molar-refractivity contribution < 1.29 is 19.2 Å². The molecule has 0 aliphatic carbocycles. The molecule has 164 valence electrons. The van der Waals surface area contributed by atoms with Crippen LogP contribution in [0.5, 0.6) is 5.75 Å². The number of benzene rings is 2. The van der Waals surface area contributed by atoms with E-state index in [9.17, 15) is 19.7 Å². The fourth-order valence-corrected chi connectivity index (χ4v) is 4.25. The molecule has 3 aromatic rings. The lowest BCUT2D eigenvalue weighted by Gasteiger charge is -2.23. The number of nitrogens with zero attached hydrogens (tertiary/aromatic N) is 4. The van der Waals surface area contributed by atoms with Crippen molar-refractivity contribution in [2.45, 2.75) is 18.9 Å². The molecule has 4 rings (SSSR count). The molecule has 0 radical (unpaired) electrons. The van der Waals surface area contributed by atoms with E-state index >= 15 is 0 Å². The quantitative estimate of drug-likeness (QED) is 0.448. The molecule has 1 fully saturated rings. The van der Waals surface area contributed by atoms with E-state index in [4.69, 9.17) is 4.74 Å². The summed E-state index contributed by atoms with van der Waals surface area (Å²) in [7, 11) is 1.58. The maximum Gasteiger partial charge on any atom is 0.269 e. The summed E-state index contributed by atoms with van der Waals surface area (Å²) in [5.74, 6) is 0.00706. The van der Waals surface area contributed by atoms with Crippen molar-refractivity contribution in [3.05, 3.63) is 64.2 Å². The van der Waals surface area contributed by atoms with Crippen molar-refractivity contribution in [3.8, 4) is 16.3 Å². The van der Waals surface area contributed by atoms with Crippen LogP contribution < -0.4 is 10.1 Å². The minimum absolute atomic E-state index is 0.0969. The van der Waals surface area contributed by atoms with Crippen molar-refractivity contribution in [1.29, 1.82) is 0 Å². The number of carbonyl (C=O) groups is 2. The number of non-ortho nitro benzene ring substituents is 1. The lowest BCUT2D eigenvalue weighted by molar-refractivity contribution is -0.384. The minimum Gasteiger partial charge on any atom is -0.497 e. The Balaban J connectivity index is 1.45. The molecule has 10 nitrogen and oxygen atoms in total. The van der Waals surface area contributed by atoms with Crippen molar-refractivity contribution in [2.24, 2.45) is 0 Å². The Bertz CT molecular complexity index is 1160. The second-order valence-electron chi connectivity index (χ2n) is 7.09. The summed E-state index contributed by atoms with van der Waals surface area (Å²) in [6.07, 6.45) is 1.20. The molecule has 0 spiro atoms. The van der Waals surface area contributed by atoms with Crippen LogP contribution >= 0.6 is 11.3 Å². The zero-order valence-corrected chi connectivity index (χ0v) is 17.9. The highest BCUT2D eigenvalue weighted by Crippen LogP contribution is 2.29. The van der Waals surface area contributed by atoms with Gasteiger partial charge in [-0.05, 0) is 37.1 Å². The van der Waals surface area contributed by atoms with E-state index in [2.05, 4.69) is 15.5 Å². The third kappa shape index (κ3) is 4.42. The van der Waals surface area contributed by atoms with Crippen molar-refractivity contribution in [3.63, 3.8) is 0 Å². The van der Waals surface area contributed by atoms with Crippen LogP contribution in [0.25, 0.3) is 10.6 Å². The van der Waals surface area contributed by atoms with Gasteiger partial charge in [0.25, 0.3) is 11.6 Å². The molecule has 32 heavy (non-hydrogen) atoms. The van der Waals surface area contributed by atoms with Gasteiger partial charge >= 0.3 is 0 Å². The Morgan fingerprint density at radius 1 is 1.22 bits per heavy atom. The number of hydrogen-bond donors (Lipinski definition) is 1. The van der Waals surface area contributed by atoms with Crippen LogP contribution in [0.1, 0.15) is 23.2 Å². The Morgan fingerprint density at radius 3 is 2.72 bits per heavy atom. The van der Waals surface area contributed by atoms with Crippen molar-refractivity contribution in [1.82, 2.24) is 15.1 Å². The summed E-state index contributed by atoms with van der Waals surface area (Å²) in [4.78, 5) is 37.5. The first-order valence-electron chi connectivity index (χ1n) is 9.80. The van der Waals surface area contributed by atoms with Gasteiger partial charge in [-0.25, -0.2) is 0 Å². The van der Waals surface area contributed by atoms with Gasteiger partial charge < -0.3 is 9.64 Å². The Labute approximate surface area is 187 Å². The third-order valence-corrected chi connectivity index (χ3v) is 6.00. The maximum absolute atomic E-state index is 12.9. The van der Waals surface area contributed by atoms with Gasteiger partial charge in [-0.1, -0.05) is 23.5 Å². The van der Waals surface area contributed by atoms with E-state index in [0.717, 1.165) is 5.56 Å². The van der Waals surface area contributed by atoms with Crippen LogP contribution in [0.2, 0.25) is 0 Å². The number of aromatic nitrogens is 2. The van der Waals surface area contributed by atoms with Gasteiger partial charge in [0, 0.05) is 29.8 Å². The standard InChI is InChI=1S/C21H19N5O5S/c1-31-16-5-2-4-14(12-16)19-23-24-21(32-19)22-18(27)17-6-3-11-25(17)20(28)13-7-9-15(10-8-13)26(29)30/h2,4-5,7-10,12,17H,3,6,11H2,1H3,(H,22,24,27). The molecule has 1 aliphatic heterocycles. The number of nitrogens with one attached hydrogen (secondary N) is 1. The first-order chi connectivity index (χ1) is 15.5. The van der Waals surface area contributed by atoms with Crippen LogP contribution in [0, 0.1) is 10.1 Å². The molecule has 1 aliphatic rings. The number of rotatable bonds is 6. The van der Waals surface area contributed by atoms with Gasteiger partial charge in [0.15, 0.2) is 0 Å². The smallest absolute Gasteiger partial charge is 0.269 e. The number of amides is 2. The number of carbonyl (C=O) groups excluding carboxylic acids is 2. The molecule has 2 aromatic carbocycles. The number of anilines is 1. The number of likely N-dealkylation sites (tertiary alicyclic amines) is 1. The highest BCUT2D eigenvalue weighted by Gasteiger charge is 2.35. The second kappa shape index (κ2) is 9.10. The van der Waals surface area contributed by atoms with Crippen LogP contribution in [0.3, 0.4) is 0 Å². The van der Waals surface area contributed by atoms with Crippen LogP contribution in [0.15, 0.2) is 48.5 Å². The number of methoxy groups -OCH3 is 1. The molecular weight excluding hydrogens is 434 g/mol. The summed E-state index contributed by atoms with van der Waals surface area (Å²) in [5.41, 5.74) is 1.02. The van der Waals surface area contributed by atoms with Gasteiger partial charge in [-0.15, -0.1) is 10.2 Å². The monoisotopic (exact) mass is 453 g/mol. The molecule has 0 saturated carbocycles. The van der Waals surface area contributed by atoms with E-state index in [1.165, 1.54) is 40.5 Å². The number of nitro groups is 1. The number of nitro benzene ring substituents is 1. The zero-order valence-electron chi connectivity index (χ0n) is 17.1. The molecule has 11 heteroatoms. The predicted octanol–water partition coefficient (Wildman–Crippen LogP) is 3.37. The summed E-state index contributed by atoms with van der Waals surface area (Å²) >= 11 is 1.23. The van der Waals surface area contributed by atoms with Gasteiger partial charge in [-0.2, -0.15) is 0 Å². The van der Waals surface area contributed by atoms with Gasteiger partial charge in [0.2, 0.25) is 11.0 Å². The average molecular weight is 453 g/mol. The Hall–Kier alpha value is -3.86.